The van der Waals surface area contributed by atoms with E-state index in [0.29, 0.717) is 16.9 Å². The lowest BCUT2D eigenvalue weighted by Gasteiger charge is -2.28. The van der Waals surface area contributed by atoms with Crippen LogP contribution < -0.4 is 15.5 Å². The third-order valence-electron chi connectivity index (χ3n) is 4.09. The van der Waals surface area contributed by atoms with Crippen LogP contribution in [0.5, 0.6) is 0 Å². The number of nitriles is 1. The van der Waals surface area contributed by atoms with E-state index in [2.05, 4.69) is 16.7 Å². The van der Waals surface area contributed by atoms with Gasteiger partial charge in [-0.3, -0.25) is 9.59 Å². The Hall–Kier alpha value is -3.33. The minimum Gasteiger partial charge on any atom is -0.376 e. The maximum Gasteiger partial charge on any atom is 0.246 e. The Morgan fingerprint density at radius 3 is 2.72 bits per heavy atom. The second kappa shape index (κ2) is 7.05. The van der Waals surface area contributed by atoms with Gasteiger partial charge in [-0.15, -0.1) is 0 Å². The van der Waals surface area contributed by atoms with Crippen molar-refractivity contribution in [3.05, 3.63) is 54.1 Å². The van der Waals surface area contributed by atoms with Crippen molar-refractivity contribution >= 4 is 28.9 Å². The van der Waals surface area contributed by atoms with Gasteiger partial charge in [-0.1, -0.05) is 12.1 Å². The van der Waals surface area contributed by atoms with Crippen LogP contribution in [0.25, 0.3) is 0 Å². The number of nitrogens with one attached hydrogen (secondary N) is 2. The summed E-state index contributed by atoms with van der Waals surface area (Å²) in [5.74, 6) is -0.226. The molecule has 1 atom stereocenters. The van der Waals surface area contributed by atoms with Crippen LogP contribution in [0.15, 0.2) is 48.5 Å². The zero-order valence-corrected chi connectivity index (χ0v) is 13.8. The summed E-state index contributed by atoms with van der Waals surface area (Å²) >= 11 is 0. The van der Waals surface area contributed by atoms with Crippen LogP contribution in [0.4, 0.5) is 17.1 Å². The highest BCUT2D eigenvalue weighted by Crippen LogP contribution is 2.31. The molecule has 1 aliphatic rings. The van der Waals surface area contributed by atoms with E-state index in [9.17, 15) is 9.59 Å². The number of nitrogens with zero attached hydrogens (tertiary/aromatic N) is 2. The Kier molecular flexibility index (Phi) is 4.66. The minimum absolute atomic E-state index is 0.0960. The van der Waals surface area contributed by atoms with Crippen LogP contribution >= 0.6 is 0 Å². The molecule has 2 amide bonds. The first-order valence-corrected chi connectivity index (χ1v) is 8.03. The Labute approximate surface area is 146 Å². The van der Waals surface area contributed by atoms with Gasteiger partial charge < -0.3 is 15.5 Å². The van der Waals surface area contributed by atoms with E-state index in [-0.39, 0.29) is 30.8 Å². The standard InChI is InChI=1S/C19H18N4O2/c1-13-10-18(24)22-16-4-2-3-5-17(16)23(13)19(25)12-21-15-8-6-14(11-20)7-9-15/h2-9,13,21H,10,12H2,1H3,(H,22,24)/t13-/m0/s1. The Balaban J connectivity index is 1.78. The number of benzene rings is 2. The molecule has 2 aromatic carbocycles. The Bertz CT molecular complexity index is 839. The largest absolute Gasteiger partial charge is 0.376 e. The van der Waals surface area contributed by atoms with Gasteiger partial charge in [0.15, 0.2) is 0 Å². The first-order chi connectivity index (χ1) is 12.1. The van der Waals surface area contributed by atoms with Gasteiger partial charge in [0.05, 0.1) is 29.6 Å². The maximum absolute atomic E-state index is 12.8. The molecule has 0 bridgehead atoms. The molecule has 6 nitrogen and oxygen atoms in total. The zero-order chi connectivity index (χ0) is 17.8. The summed E-state index contributed by atoms with van der Waals surface area (Å²) in [5.41, 5.74) is 2.67. The summed E-state index contributed by atoms with van der Waals surface area (Å²) in [6.45, 7) is 1.96. The van der Waals surface area contributed by atoms with Gasteiger partial charge in [-0.05, 0) is 43.3 Å². The first-order valence-electron chi connectivity index (χ1n) is 8.03. The second-order valence-electron chi connectivity index (χ2n) is 5.92. The third-order valence-corrected chi connectivity index (χ3v) is 4.09. The van der Waals surface area contributed by atoms with E-state index < -0.39 is 0 Å². The number of carbonyl (C=O) groups is 2. The molecule has 0 radical (unpaired) electrons. The Morgan fingerprint density at radius 1 is 1.28 bits per heavy atom. The lowest BCUT2D eigenvalue weighted by molar-refractivity contribution is -0.118. The van der Waals surface area contributed by atoms with E-state index in [0.717, 1.165) is 5.69 Å². The zero-order valence-electron chi connectivity index (χ0n) is 13.8. The highest BCUT2D eigenvalue weighted by atomic mass is 16.2. The van der Waals surface area contributed by atoms with Crippen molar-refractivity contribution in [3.8, 4) is 6.07 Å². The molecule has 1 aliphatic heterocycles. The quantitative estimate of drug-likeness (QED) is 0.904. The molecule has 0 fully saturated rings. The molecule has 2 N–H and O–H groups in total. The highest BCUT2D eigenvalue weighted by molar-refractivity contribution is 6.05. The van der Waals surface area contributed by atoms with Crippen molar-refractivity contribution in [2.45, 2.75) is 19.4 Å². The van der Waals surface area contributed by atoms with E-state index in [1.165, 1.54) is 0 Å². The first kappa shape index (κ1) is 16.5. The summed E-state index contributed by atoms with van der Waals surface area (Å²) in [7, 11) is 0. The van der Waals surface area contributed by atoms with E-state index >= 15 is 0 Å². The van der Waals surface area contributed by atoms with Crippen LogP contribution in [0.3, 0.4) is 0 Å². The number of rotatable bonds is 3. The maximum atomic E-state index is 12.8. The molecule has 0 aliphatic carbocycles. The van der Waals surface area contributed by atoms with Crippen molar-refractivity contribution in [2.24, 2.45) is 0 Å². The fourth-order valence-electron chi connectivity index (χ4n) is 2.89. The van der Waals surface area contributed by atoms with Crippen LogP contribution in [0.2, 0.25) is 0 Å². The number of fused-ring (bicyclic) bond motifs is 1. The average molecular weight is 334 g/mol. The summed E-state index contributed by atoms with van der Waals surface area (Å²) in [6.07, 6.45) is 0.247. The number of hydrogen-bond acceptors (Lipinski definition) is 4. The van der Waals surface area contributed by atoms with Gasteiger partial charge in [0, 0.05) is 18.2 Å². The van der Waals surface area contributed by atoms with Crippen molar-refractivity contribution in [3.63, 3.8) is 0 Å². The number of anilines is 3. The molecule has 6 heteroatoms. The monoisotopic (exact) mass is 334 g/mol. The van der Waals surface area contributed by atoms with Crippen LogP contribution in [0, 0.1) is 11.3 Å². The number of para-hydroxylation sites is 2. The molecule has 126 valence electrons. The van der Waals surface area contributed by atoms with Gasteiger partial charge in [0.1, 0.15) is 0 Å². The fourth-order valence-corrected chi connectivity index (χ4v) is 2.89. The van der Waals surface area contributed by atoms with E-state index in [4.69, 9.17) is 5.26 Å². The van der Waals surface area contributed by atoms with Crippen LogP contribution in [-0.4, -0.2) is 24.4 Å². The molecule has 0 saturated carbocycles. The van der Waals surface area contributed by atoms with Crippen molar-refractivity contribution < 1.29 is 9.59 Å². The van der Waals surface area contributed by atoms with Crippen LogP contribution in [0.1, 0.15) is 18.9 Å². The molecule has 2 aromatic rings. The molecule has 1 heterocycles. The van der Waals surface area contributed by atoms with Crippen molar-refractivity contribution in [1.29, 1.82) is 5.26 Å². The molecule has 25 heavy (non-hydrogen) atoms. The number of carbonyl (C=O) groups excluding carboxylic acids is 2. The SMILES string of the molecule is C[C@H]1CC(=O)Nc2ccccc2N1C(=O)CNc1ccc(C#N)cc1. The Morgan fingerprint density at radius 2 is 2.00 bits per heavy atom. The lowest BCUT2D eigenvalue weighted by atomic mass is 10.1. The minimum atomic E-state index is -0.237. The normalized spacial score (nSPS) is 16.2. The van der Waals surface area contributed by atoms with Gasteiger partial charge in [0.25, 0.3) is 0 Å². The lowest BCUT2D eigenvalue weighted by Crippen LogP contribution is -2.42. The average Bonchev–Trinajstić information content (AvgIpc) is 2.74. The molecule has 0 saturated heterocycles. The predicted molar refractivity (Wildman–Crippen MR) is 96.3 cm³/mol. The van der Waals surface area contributed by atoms with Gasteiger partial charge >= 0.3 is 0 Å². The summed E-state index contributed by atoms with van der Waals surface area (Å²) in [6, 6.07) is 16.0. The molecular formula is C19H18N4O2. The molecule has 0 aromatic heterocycles. The smallest absolute Gasteiger partial charge is 0.246 e. The van der Waals surface area contributed by atoms with Gasteiger partial charge in [-0.2, -0.15) is 5.26 Å². The number of amides is 2. The number of hydrogen-bond donors (Lipinski definition) is 2. The predicted octanol–water partition coefficient (Wildman–Crippen LogP) is 2.73. The van der Waals surface area contributed by atoms with Crippen molar-refractivity contribution in [1.82, 2.24) is 0 Å². The summed E-state index contributed by atoms with van der Waals surface area (Å²) in [5, 5.41) is 14.7. The molecule has 3 rings (SSSR count). The topological polar surface area (TPSA) is 85.2 Å². The van der Waals surface area contributed by atoms with E-state index in [1.54, 1.807) is 35.2 Å². The molecular weight excluding hydrogens is 316 g/mol. The second-order valence-corrected chi connectivity index (χ2v) is 5.92. The third kappa shape index (κ3) is 3.61. The van der Waals surface area contributed by atoms with E-state index in [1.807, 2.05) is 25.1 Å². The molecule has 0 spiro atoms. The molecule has 0 unspecified atom stereocenters. The highest BCUT2D eigenvalue weighted by Gasteiger charge is 2.29. The summed E-state index contributed by atoms with van der Waals surface area (Å²) < 4.78 is 0. The van der Waals surface area contributed by atoms with Crippen LogP contribution in [-0.2, 0) is 9.59 Å². The van der Waals surface area contributed by atoms with Gasteiger partial charge in [-0.25, -0.2) is 0 Å². The summed E-state index contributed by atoms with van der Waals surface area (Å²) in [4.78, 5) is 26.4. The van der Waals surface area contributed by atoms with Gasteiger partial charge in [0.2, 0.25) is 11.8 Å². The van der Waals surface area contributed by atoms with Crippen molar-refractivity contribution in [2.75, 3.05) is 22.1 Å². The fraction of sp³-hybridized carbons (Fsp3) is 0.211.